The molecule has 0 radical (unpaired) electrons. The normalized spacial score (nSPS) is 15.9. The van der Waals surface area contributed by atoms with E-state index in [2.05, 4.69) is 55.4 Å². The fourth-order valence-corrected chi connectivity index (χ4v) is 3.13. The summed E-state index contributed by atoms with van der Waals surface area (Å²) in [5.41, 5.74) is 2.81. The van der Waals surface area contributed by atoms with Crippen molar-refractivity contribution in [1.29, 1.82) is 0 Å². The summed E-state index contributed by atoms with van der Waals surface area (Å²) in [6.45, 7) is 6.15. The summed E-state index contributed by atoms with van der Waals surface area (Å²) < 4.78 is 1.75. The van der Waals surface area contributed by atoms with Crippen LogP contribution in [0, 0.1) is 0 Å². The van der Waals surface area contributed by atoms with Crippen molar-refractivity contribution in [2.24, 2.45) is 0 Å². The molecule has 4 rings (SSSR count). The summed E-state index contributed by atoms with van der Waals surface area (Å²) in [5, 5.41) is 16.4. The van der Waals surface area contributed by atoms with Crippen LogP contribution in [0.1, 0.15) is 38.3 Å². The molecule has 25 heavy (non-hydrogen) atoms. The summed E-state index contributed by atoms with van der Waals surface area (Å²) in [6, 6.07) is 4.33. The predicted molar refractivity (Wildman–Crippen MR) is 95.8 cm³/mol. The lowest BCUT2D eigenvalue weighted by atomic mass is 10.0. The van der Waals surface area contributed by atoms with E-state index in [1.807, 2.05) is 6.07 Å². The van der Waals surface area contributed by atoms with Crippen LogP contribution < -0.4 is 10.2 Å². The SMILES string of the molecule is CC(C)c1cc(NC2CCN(c3ncccn3)CC2)c2nncn2n1. The molecule has 0 amide bonds. The Labute approximate surface area is 146 Å². The molecule has 8 nitrogen and oxygen atoms in total. The van der Waals surface area contributed by atoms with E-state index in [1.54, 1.807) is 23.2 Å². The zero-order chi connectivity index (χ0) is 17.2. The molecule has 130 valence electrons. The number of rotatable bonds is 4. The molecular formula is C17H22N8. The molecule has 1 saturated heterocycles. The van der Waals surface area contributed by atoms with Crippen LogP contribution in [-0.2, 0) is 0 Å². The highest BCUT2D eigenvalue weighted by atomic mass is 15.4. The molecule has 0 spiro atoms. The van der Waals surface area contributed by atoms with Gasteiger partial charge in [-0.15, -0.1) is 10.2 Å². The largest absolute Gasteiger partial charge is 0.379 e. The highest BCUT2D eigenvalue weighted by Gasteiger charge is 2.22. The second kappa shape index (κ2) is 6.62. The molecule has 0 aliphatic carbocycles. The van der Waals surface area contributed by atoms with Gasteiger partial charge in [-0.3, -0.25) is 0 Å². The van der Waals surface area contributed by atoms with Crippen molar-refractivity contribution in [2.75, 3.05) is 23.3 Å². The van der Waals surface area contributed by atoms with E-state index < -0.39 is 0 Å². The van der Waals surface area contributed by atoms with E-state index in [4.69, 9.17) is 0 Å². The Kier molecular flexibility index (Phi) is 4.17. The van der Waals surface area contributed by atoms with Crippen LogP contribution in [0.2, 0.25) is 0 Å². The van der Waals surface area contributed by atoms with Gasteiger partial charge in [-0.25, -0.2) is 9.97 Å². The standard InChI is InChI=1S/C17H22N8/c1-12(2)14-10-15(16-22-20-11-25(16)23-14)21-13-4-8-24(9-5-13)17-18-6-3-7-19-17/h3,6-7,10-13,21H,4-5,8-9H2,1-2H3. The van der Waals surface area contributed by atoms with Gasteiger partial charge < -0.3 is 10.2 Å². The monoisotopic (exact) mass is 338 g/mol. The molecule has 0 atom stereocenters. The fourth-order valence-electron chi connectivity index (χ4n) is 3.13. The van der Waals surface area contributed by atoms with Crippen LogP contribution >= 0.6 is 0 Å². The summed E-state index contributed by atoms with van der Waals surface area (Å²) in [5.74, 6) is 1.16. The highest BCUT2D eigenvalue weighted by molar-refractivity contribution is 5.67. The van der Waals surface area contributed by atoms with Crippen LogP contribution in [0.3, 0.4) is 0 Å². The number of hydrogen-bond acceptors (Lipinski definition) is 7. The van der Waals surface area contributed by atoms with Crippen LogP contribution in [0.5, 0.6) is 0 Å². The zero-order valence-corrected chi connectivity index (χ0v) is 14.5. The number of piperidine rings is 1. The van der Waals surface area contributed by atoms with Crippen molar-refractivity contribution in [1.82, 2.24) is 29.8 Å². The number of nitrogens with zero attached hydrogens (tertiary/aromatic N) is 7. The molecule has 1 aliphatic rings. The van der Waals surface area contributed by atoms with Crippen molar-refractivity contribution < 1.29 is 0 Å². The van der Waals surface area contributed by atoms with Crippen molar-refractivity contribution in [3.8, 4) is 0 Å². The lowest BCUT2D eigenvalue weighted by Crippen LogP contribution is -2.40. The number of nitrogens with one attached hydrogen (secondary N) is 1. The van der Waals surface area contributed by atoms with E-state index in [9.17, 15) is 0 Å². The van der Waals surface area contributed by atoms with Crippen molar-refractivity contribution in [3.63, 3.8) is 0 Å². The maximum Gasteiger partial charge on any atom is 0.225 e. The second-order valence-corrected chi connectivity index (χ2v) is 6.69. The summed E-state index contributed by atoms with van der Waals surface area (Å²) in [6.07, 6.45) is 7.29. The van der Waals surface area contributed by atoms with Gasteiger partial charge in [0.25, 0.3) is 0 Å². The summed E-state index contributed by atoms with van der Waals surface area (Å²) in [7, 11) is 0. The molecule has 0 saturated carbocycles. The van der Waals surface area contributed by atoms with Crippen LogP contribution in [0.15, 0.2) is 30.9 Å². The predicted octanol–water partition coefficient (Wildman–Crippen LogP) is 2.12. The molecule has 1 aliphatic heterocycles. The lowest BCUT2D eigenvalue weighted by Gasteiger charge is -2.32. The number of aromatic nitrogens is 6. The van der Waals surface area contributed by atoms with Gasteiger partial charge in [-0.1, -0.05) is 13.8 Å². The highest BCUT2D eigenvalue weighted by Crippen LogP contribution is 2.24. The van der Waals surface area contributed by atoms with Gasteiger partial charge in [0.05, 0.1) is 11.4 Å². The topological polar surface area (TPSA) is 84.1 Å². The average Bonchev–Trinajstić information content (AvgIpc) is 3.12. The second-order valence-electron chi connectivity index (χ2n) is 6.69. The third kappa shape index (κ3) is 3.24. The van der Waals surface area contributed by atoms with Crippen LogP contribution in [-0.4, -0.2) is 48.9 Å². The van der Waals surface area contributed by atoms with Crippen molar-refractivity contribution in [3.05, 3.63) is 36.5 Å². The first-order valence-corrected chi connectivity index (χ1v) is 8.70. The maximum absolute atomic E-state index is 4.57. The molecule has 0 unspecified atom stereocenters. The van der Waals surface area contributed by atoms with E-state index in [0.29, 0.717) is 12.0 Å². The van der Waals surface area contributed by atoms with Crippen LogP contribution in [0.25, 0.3) is 5.65 Å². The van der Waals surface area contributed by atoms with E-state index in [-0.39, 0.29) is 0 Å². The molecule has 0 aromatic carbocycles. The van der Waals surface area contributed by atoms with Gasteiger partial charge in [0, 0.05) is 31.5 Å². The minimum Gasteiger partial charge on any atom is -0.379 e. The minimum absolute atomic E-state index is 0.351. The smallest absolute Gasteiger partial charge is 0.225 e. The van der Waals surface area contributed by atoms with Gasteiger partial charge in [-0.05, 0) is 30.9 Å². The Bertz CT molecular complexity index is 836. The molecule has 3 aromatic heterocycles. The van der Waals surface area contributed by atoms with Gasteiger partial charge in [0.2, 0.25) is 11.6 Å². The first-order valence-electron chi connectivity index (χ1n) is 8.70. The van der Waals surface area contributed by atoms with Gasteiger partial charge in [0.1, 0.15) is 6.33 Å². The quantitative estimate of drug-likeness (QED) is 0.780. The molecule has 0 bridgehead atoms. The minimum atomic E-state index is 0.351. The molecular weight excluding hydrogens is 316 g/mol. The third-order valence-electron chi connectivity index (χ3n) is 4.57. The van der Waals surface area contributed by atoms with Gasteiger partial charge >= 0.3 is 0 Å². The number of hydrogen-bond donors (Lipinski definition) is 1. The summed E-state index contributed by atoms with van der Waals surface area (Å²) >= 11 is 0. The van der Waals surface area contributed by atoms with E-state index >= 15 is 0 Å². The number of anilines is 2. The maximum atomic E-state index is 4.57. The van der Waals surface area contributed by atoms with E-state index in [1.165, 1.54) is 0 Å². The van der Waals surface area contributed by atoms with Crippen molar-refractivity contribution >= 4 is 17.3 Å². The third-order valence-corrected chi connectivity index (χ3v) is 4.57. The first-order chi connectivity index (χ1) is 12.2. The Balaban J connectivity index is 1.48. The Morgan fingerprint density at radius 3 is 2.64 bits per heavy atom. The Hall–Kier alpha value is -2.77. The first kappa shape index (κ1) is 15.7. The lowest BCUT2D eigenvalue weighted by molar-refractivity contribution is 0.520. The average molecular weight is 338 g/mol. The van der Waals surface area contributed by atoms with Gasteiger partial charge in [0.15, 0.2) is 0 Å². The molecule has 1 fully saturated rings. The zero-order valence-electron chi connectivity index (χ0n) is 14.5. The molecule has 8 heteroatoms. The van der Waals surface area contributed by atoms with E-state index in [0.717, 1.165) is 48.9 Å². The Morgan fingerprint density at radius 1 is 1.16 bits per heavy atom. The van der Waals surface area contributed by atoms with Gasteiger partial charge in [-0.2, -0.15) is 9.61 Å². The summed E-state index contributed by atoms with van der Waals surface area (Å²) in [4.78, 5) is 10.9. The van der Waals surface area contributed by atoms with Crippen LogP contribution in [0.4, 0.5) is 11.6 Å². The molecule has 3 aromatic rings. The molecule has 4 heterocycles. The fraction of sp³-hybridized carbons (Fsp3) is 0.471. The van der Waals surface area contributed by atoms with Crippen molar-refractivity contribution in [2.45, 2.75) is 38.6 Å². The molecule has 1 N–H and O–H groups in total. The number of fused-ring (bicyclic) bond motifs is 1. The Morgan fingerprint density at radius 2 is 1.92 bits per heavy atom.